The van der Waals surface area contributed by atoms with Gasteiger partial charge in [0.15, 0.2) is 0 Å². The second kappa shape index (κ2) is 3.23. The van der Waals surface area contributed by atoms with Gasteiger partial charge in [-0.05, 0) is 27.2 Å². The molecule has 0 fully saturated rings. The van der Waals surface area contributed by atoms with Crippen LogP contribution in [-0.4, -0.2) is 10.7 Å². The molecular weight excluding hydrogens is 136 g/mol. The van der Waals surface area contributed by atoms with Crippen LogP contribution < -0.4 is 0 Å². The molecular formula is C7H13ClO. The van der Waals surface area contributed by atoms with Gasteiger partial charge in [-0.15, -0.1) is 0 Å². The summed E-state index contributed by atoms with van der Waals surface area (Å²) in [4.78, 5) is 0. The van der Waals surface area contributed by atoms with E-state index in [1.165, 1.54) is 0 Å². The fourth-order valence-corrected chi connectivity index (χ4v) is 0.468. The van der Waals surface area contributed by atoms with Gasteiger partial charge in [-0.25, -0.2) is 0 Å². The summed E-state index contributed by atoms with van der Waals surface area (Å²) in [6, 6.07) is 0. The minimum absolute atomic E-state index is 0.613. The third kappa shape index (κ3) is 7.99. The van der Waals surface area contributed by atoms with Crippen LogP contribution in [0.2, 0.25) is 0 Å². The van der Waals surface area contributed by atoms with Gasteiger partial charge in [-0.3, -0.25) is 0 Å². The Morgan fingerprint density at radius 2 is 2.11 bits per heavy atom. The smallest absolute Gasteiger partial charge is 0.0626 e. The van der Waals surface area contributed by atoms with Crippen LogP contribution in [0, 0.1) is 0 Å². The molecule has 0 saturated carbocycles. The van der Waals surface area contributed by atoms with Gasteiger partial charge in [-0.1, -0.05) is 17.7 Å². The average molecular weight is 149 g/mol. The van der Waals surface area contributed by atoms with E-state index in [2.05, 4.69) is 0 Å². The number of hydrogen-bond acceptors (Lipinski definition) is 1. The Morgan fingerprint density at radius 3 is 2.22 bits per heavy atom. The first-order valence-corrected chi connectivity index (χ1v) is 3.34. The van der Waals surface area contributed by atoms with Crippen LogP contribution in [0.25, 0.3) is 0 Å². The molecule has 2 heteroatoms. The van der Waals surface area contributed by atoms with Gasteiger partial charge in [0, 0.05) is 5.03 Å². The summed E-state index contributed by atoms with van der Waals surface area (Å²) in [5, 5.41) is 9.90. The number of aliphatic hydroxyl groups is 1. The average Bonchev–Trinajstić information content (AvgIpc) is 1.59. The first-order valence-electron chi connectivity index (χ1n) is 2.96. The van der Waals surface area contributed by atoms with Gasteiger partial charge in [0.25, 0.3) is 0 Å². The molecule has 0 heterocycles. The summed E-state index contributed by atoms with van der Waals surface area (Å²) in [5.74, 6) is 0. The van der Waals surface area contributed by atoms with Crippen molar-refractivity contribution in [1.29, 1.82) is 0 Å². The van der Waals surface area contributed by atoms with Gasteiger partial charge in [-0.2, -0.15) is 0 Å². The molecule has 0 saturated heterocycles. The minimum atomic E-state index is -0.629. The molecule has 0 unspecified atom stereocenters. The highest BCUT2D eigenvalue weighted by Gasteiger charge is 2.08. The van der Waals surface area contributed by atoms with E-state index in [9.17, 15) is 0 Å². The standard InChI is InChI=1S/C7H13ClO/c1-6(8)4-5-7(2,3)9/h4,9H,5H2,1-3H3. The van der Waals surface area contributed by atoms with Crippen LogP contribution in [0.3, 0.4) is 0 Å². The van der Waals surface area contributed by atoms with Gasteiger partial charge < -0.3 is 5.11 Å². The molecule has 0 aliphatic rings. The topological polar surface area (TPSA) is 20.2 Å². The van der Waals surface area contributed by atoms with E-state index in [4.69, 9.17) is 16.7 Å². The van der Waals surface area contributed by atoms with Crippen LogP contribution >= 0.6 is 11.6 Å². The molecule has 54 valence electrons. The molecule has 0 aliphatic heterocycles. The predicted octanol–water partition coefficient (Wildman–Crippen LogP) is 2.29. The van der Waals surface area contributed by atoms with E-state index < -0.39 is 5.60 Å². The molecule has 0 radical (unpaired) electrons. The van der Waals surface area contributed by atoms with Crippen molar-refractivity contribution in [3.05, 3.63) is 11.1 Å². The molecule has 0 aliphatic carbocycles. The lowest BCUT2D eigenvalue weighted by molar-refractivity contribution is 0.0838. The zero-order chi connectivity index (χ0) is 7.49. The van der Waals surface area contributed by atoms with Crippen molar-refractivity contribution in [2.45, 2.75) is 32.8 Å². The van der Waals surface area contributed by atoms with Gasteiger partial charge in [0.2, 0.25) is 0 Å². The van der Waals surface area contributed by atoms with E-state index in [1.54, 1.807) is 20.8 Å². The highest BCUT2D eigenvalue weighted by Crippen LogP contribution is 2.10. The Bertz CT molecular complexity index is 107. The molecule has 0 rings (SSSR count). The van der Waals surface area contributed by atoms with Crippen LogP contribution in [0.5, 0.6) is 0 Å². The number of halogens is 1. The monoisotopic (exact) mass is 148 g/mol. The summed E-state index contributed by atoms with van der Waals surface area (Å²) < 4.78 is 0. The lowest BCUT2D eigenvalue weighted by Gasteiger charge is -2.13. The van der Waals surface area contributed by atoms with Crippen molar-refractivity contribution in [2.24, 2.45) is 0 Å². The van der Waals surface area contributed by atoms with E-state index >= 15 is 0 Å². The maximum Gasteiger partial charge on any atom is 0.0626 e. The summed E-state index contributed by atoms with van der Waals surface area (Å²) in [5.41, 5.74) is -0.629. The number of rotatable bonds is 2. The Morgan fingerprint density at radius 1 is 1.67 bits per heavy atom. The number of allylic oxidation sites excluding steroid dienone is 1. The molecule has 0 aromatic rings. The Hall–Kier alpha value is -0.0100. The van der Waals surface area contributed by atoms with Crippen LogP contribution in [0.15, 0.2) is 11.1 Å². The highest BCUT2D eigenvalue weighted by molar-refractivity contribution is 6.29. The Labute approximate surface area is 61.3 Å². The Balaban J connectivity index is 3.64. The molecule has 1 N–H and O–H groups in total. The largest absolute Gasteiger partial charge is 0.390 e. The second-order valence-electron chi connectivity index (χ2n) is 2.81. The minimum Gasteiger partial charge on any atom is -0.390 e. The maximum atomic E-state index is 9.16. The zero-order valence-corrected chi connectivity index (χ0v) is 6.87. The first-order chi connectivity index (χ1) is 3.92. The van der Waals surface area contributed by atoms with Crippen molar-refractivity contribution < 1.29 is 5.11 Å². The van der Waals surface area contributed by atoms with Crippen molar-refractivity contribution in [2.75, 3.05) is 0 Å². The lowest BCUT2D eigenvalue weighted by Crippen LogP contribution is -2.16. The zero-order valence-electron chi connectivity index (χ0n) is 6.11. The highest BCUT2D eigenvalue weighted by atomic mass is 35.5. The SMILES string of the molecule is CC(Cl)=CCC(C)(C)O. The third-order valence-electron chi connectivity index (χ3n) is 0.883. The van der Waals surface area contributed by atoms with Gasteiger partial charge >= 0.3 is 0 Å². The van der Waals surface area contributed by atoms with Crippen molar-refractivity contribution in [3.8, 4) is 0 Å². The molecule has 0 bridgehead atoms. The lowest BCUT2D eigenvalue weighted by atomic mass is 10.1. The molecule has 1 nitrogen and oxygen atoms in total. The third-order valence-corrected chi connectivity index (χ3v) is 1.04. The maximum absolute atomic E-state index is 9.16. The summed E-state index contributed by atoms with van der Waals surface area (Å²) >= 11 is 5.53. The van der Waals surface area contributed by atoms with Crippen molar-refractivity contribution >= 4 is 11.6 Å². The second-order valence-corrected chi connectivity index (χ2v) is 3.40. The quantitative estimate of drug-likeness (QED) is 0.637. The van der Waals surface area contributed by atoms with E-state index in [0.29, 0.717) is 6.42 Å². The van der Waals surface area contributed by atoms with Crippen molar-refractivity contribution in [3.63, 3.8) is 0 Å². The normalized spacial score (nSPS) is 14.1. The van der Waals surface area contributed by atoms with E-state index in [0.717, 1.165) is 5.03 Å². The predicted molar refractivity (Wildman–Crippen MR) is 40.5 cm³/mol. The molecule has 0 aromatic carbocycles. The fourth-order valence-electron chi connectivity index (χ4n) is 0.390. The molecule has 9 heavy (non-hydrogen) atoms. The summed E-state index contributed by atoms with van der Waals surface area (Å²) in [6.45, 7) is 5.31. The summed E-state index contributed by atoms with van der Waals surface area (Å²) in [7, 11) is 0. The molecule has 0 amide bonds. The fraction of sp³-hybridized carbons (Fsp3) is 0.714. The van der Waals surface area contributed by atoms with Gasteiger partial charge in [0.05, 0.1) is 5.60 Å². The van der Waals surface area contributed by atoms with Crippen LogP contribution in [0.4, 0.5) is 0 Å². The summed E-state index contributed by atoms with van der Waals surface area (Å²) in [6.07, 6.45) is 2.42. The van der Waals surface area contributed by atoms with E-state index in [-0.39, 0.29) is 0 Å². The molecule has 0 spiro atoms. The van der Waals surface area contributed by atoms with E-state index in [1.807, 2.05) is 6.08 Å². The molecule has 0 aromatic heterocycles. The number of hydrogen-bond donors (Lipinski definition) is 1. The van der Waals surface area contributed by atoms with Crippen molar-refractivity contribution in [1.82, 2.24) is 0 Å². The van der Waals surface area contributed by atoms with Gasteiger partial charge in [0.1, 0.15) is 0 Å². The molecule has 0 atom stereocenters. The Kier molecular flexibility index (Phi) is 3.23. The first kappa shape index (κ1) is 8.99. The van der Waals surface area contributed by atoms with Crippen LogP contribution in [0.1, 0.15) is 27.2 Å². The van der Waals surface area contributed by atoms with Crippen LogP contribution in [-0.2, 0) is 0 Å².